The van der Waals surface area contributed by atoms with E-state index in [9.17, 15) is 5.11 Å². The van der Waals surface area contributed by atoms with Crippen molar-refractivity contribution in [3.05, 3.63) is 47.5 Å². The molecule has 0 bridgehead atoms. The van der Waals surface area contributed by atoms with Crippen LogP contribution in [0.15, 0.2) is 42.5 Å². The van der Waals surface area contributed by atoms with Gasteiger partial charge in [0.25, 0.3) is 0 Å². The third-order valence-electron chi connectivity index (χ3n) is 2.18. The number of phenolic OH excluding ortho intramolecular Hbond substituents is 1. The van der Waals surface area contributed by atoms with E-state index in [1.54, 1.807) is 30.3 Å². The van der Waals surface area contributed by atoms with Gasteiger partial charge in [0.05, 0.1) is 10.7 Å². The molecule has 2 aromatic rings. The van der Waals surface area contributed by atoms with Crippen LogP contribution in [0.25, 0.3) is 11.1 Å². The zero-order valence-corrected chi connectivity index (χ0v) is 8.70. The summed E-state index contributed by atoms with van der Waals surface area (Å²) < 4.78 is 0. The Morgan fingerprint density at radius 1 is 1.00 bits per heavy atom. The van der Waals surface area contributed by atoms with Gasteiger partial charge in [-0.25, -0.2) is 0 Å². The van der Waals surface area contributed by atoms with Crippen LogP contribution in [0.4, 0.5) is 5.69 Å². The smallest absolute Gasteiger partial charge is 0.116 e. The van der Waals surface area contributed by atoms with Gasteiger partial charge in [0.15, 0.2) is 0 Å². The Morgan fingerprint density at radius 3 is 2.40 bits per heavy atom. The van der Waals surface area contributed by atoms with E-state index in [2.05, 4.69) is 0 Å². The number of halogens is 1. The average molecular weight is 220 g/mol. The third kappa shape index (κ3) is 2.05. The molecule has 0 radical (unpaired) electrons. The maximum atomic E-state index is 9.34. The lowest BCUT2D eigenvalue weighted by Crippen LogP contribution is -1.87. The summed E-state index contributed by atoms with van der Waals surface area (Å²) in [6, 6.07) is 12.4. The topological polar surface area (TPSA) is 46.2 Å². The minimum absolute atomic E-state index is 0.237. The standard InChI is InChI=1S/C12H10ClNO/c13-11-5-4-9(7-12(11)14)8-2-1-3-10(15)6-8/h1-7,15H,14H2. The maximum Gasteiger partial charge on any atom is 0.116 e. The Hall–Kier alpha value is -1.67. The highest BCUT2D eigenvalue weighted by Crippen LogP contribution is 2.28. The molecule has 0 saturated carbocycles. The molecule has 2 rings (SSSR count). The Kier molecular flexibility index (Phi) is 2.52. The summed E-state index contributed by atoms with van der Waals surface area (Å²) in [6.45, 7) is 0. The van der Waals surface area contributed by atoms with Crippen LogP contribution in [0.5, 0.6) is 5.75 Å². The largest absolute Gasteiger partial charge is 0.508 e. The molecule has 0 aromatic heterocycles. The van der Waals surface area contributed by atoms with Gasteiger partial charge in [0, 0.05) is 0 Å². The second kappa shape index (κ2) is 3.83. The van der Waals surface area contributed by atoms with Crippen molar-refractivity contribution in [2.75, 3.05) is 5.73 Å². The van der Waals surface area contributed by atoms with Crippen molar-refractivity contribution in [2.45, 2.75) is 0 Å². The normalized spacial score (nSPS) is 10.2. The number of hydrogen-bond donors (Lipinski definition) is 2. The van der Waals surface area contributed by atoms with Gasteiger partial charge in [0.1, 0.15) is 5.75 Å². The van der Waals surface area contributed by atoms with E-state index in [0.717, 1.165) is 11.1 Å². The zero-order chi connectivity index (χ0) is 10.8. The van der Waals surface area contributed by atoms with Crippen LogP contribution in [0.1, 0.15) is 0 Å². The first-order chi connectivity index (χ1) is 7.16. The molecule has 15 heavy (non-hydrogen) atoms. The van der Waals surface area contributed by atoms with Crippen molar-refractivity contribution >= 4 is 17.3 Å². The summed E-state index contributed by atoms with van der Waals surface area (Å²) in [7, 11) is 0. The number of nitrogens with two attached hydrogens (primary N) is 1. The van der Waals surface area contributed by atoms with Crippen molar-refractivity contribution in [3.8, 4) is 16.9 Å². The number of aromatic hydroxyl groups is 1. The van der Waals surface area contributed by atoms with Gasteiger partial charge in [-0.2, -0.15) is 0 Å². The Balaban J connectivity index is 2.50. The Bertz CT molecular complexity index is 497. The molecule has 2 aromatic carbocycles. The lowest BCUT2D eigenvalue weighted by Gasteiger charge is -2.04. The van der Waals surface area contributed by atoms with Gasteiger partial charge < -0.3 is 10.8 Å². The van der Waals surface area contributed by atoms with Gasteiger partial charge in [-0.1, -0.05) is 29.8 Å². The fourth-order valence-corrected chi connectivity index (χ4v) is 1.53. The summed E-state index contributed by atoms with van der Waals surface area (Å²) in [5.74, 6) is 0.237. The van der Waals surface area contributed by atoms with Crippen LogP contribution in [0.3, 0.4) is 0 Å². The van der Waals surface area contributed by atoms with Crippen molar-refractivity contribution in [1.82, 2.24) is 0 Å². The molecule has 0 heterocycles. The molecule has 0 saturated heterocycles. The molecule has 0 fully saturated rings. The number of phenols is 1. The van der Waals surface area contributed by atoms with Crippen LogP contribution in [0, 0.1) is 0 Å². The predicted molar refractivity (Wildman–Crippen MR) is 63.0 cm³/mol. The average Bonchev–Trinajstić information content (AvgIpc) is 2.22. The summed E-state index contributed by atoms with van der Waals surface area (Å²) in [5.41, 5.74) is 8.09. The predicted octanol–water partition coefficient (Wildman–Crippen LogP) is 3.29. The van der Waals surface area contributed by atoms with Gasteiger partial charge in [-0.15, -0.1) is 0 Å². The molecular formula is C12H10ClNO. The first kappa shape index (κ1) is 9.87. The van der Waals surface area contributed by atoms with Crippen LogP contribution in [-0.2, 0) is 0 Å². The SMILES string of the molecule is Nc1cc(-c2cccc(O)c2)ccc1Cl. The Labute approximate surface area is 92.9 Å². The van der Waals surface area contributed by atoms with E-state index < -0.39 is 0 Å². The zero-order valence-electron chi connectivity index (χ0n) is 7.94. The molecule has 0 unspecified atom stereocenters. The van der Waals surface area contributed by atoms with Gasteiger partial charge in [-0.05, 0) is 35.4 Å². The number of benzene rings is 2. The summed E-state index contributed by atoms with van der Waals surface area (Å²) >= 11 is 5.82. The van der Waals surface area contributed by atoms with E-state index in [4.69, 9.17) is 17.3 Å². The van der Waals surface area contributed by atoms with Crippen molar-refractivity contribution in [2.24, 2.45) is 0 Å². The molecule has 0 aliphatic rings. The summed E-state index contributed by atoms with van der Waals surface area (Å²) in [6.07, 6.45) is 0. The molecule has 0 aliphatic carbocycles. The molecule has 0 amide bonds. The van der Waals surface area contributed by atoms with Crippen molar-refractivity contribution in [1.29, 1.82) is 0 Å². The number of hydrogen-bond acceptors (Lipinski definition) is 2. The fraction of sp³-hybridized carbons (Fsp3) is 0. The monoisotopic (exact) mass is 219 g/mol. The molecule has 76 valence electrons. The fourth-order valence-electron chi connectivity index (χ4n) is 1.41. The van der Waals surface area contributed by atoms with Gasteiger partial charge in [-0.3, -0.25) is 0 Å². The first-order valence-corrected chi connectivity index (χ1v) is 4.89. The maximum absolute atomic E-state index is 9.34. The molecular weight excluding hydrogens is 210 g/mol. The highest BCUT2D eigenvalue weighted by atomic mass is 35.5. The lowest BCUT2D eigenvalue weighted by atomic mass is 10.1. The molecule has 3 N–H and O–H groups in total. The van der Waals surface area contributed by atoms with Crippen LogP contribution < -0.4 is 5.73 Å². The Morgan fingerprint density at radius 2 is 1.73 bits per heavy atom. The number of nitrogen functional groups attached to an aromatic ring is 1. The second-order valence-electron chi connectivity index (χ2n) is 3.29. The van der Waals surface area contributed by atoms with E-state index >= 15 is 0 Å². The quantitative estimate of drug-likeness (QED) is 0.723. The van der Waals surface area contributed by atoms with E-state index in [0.29, 0.717) is 10.7 Å². The van der Waals surface area contributed by atoms with Gasteiger partial charge >= 0.3 is 0 Å². The lowest BCUT2D eigenvalue weighted by molar-refractivity contribution is 0.475. The first-order valence-electron chi connectivity index (χ1n) is 4.51. The summed E-state index contributed by atoms with van der Waals surface area (Å²) in [5, 5.41) is 9.88. The highest BCUT2D eigenvalue weighted by Gasteiger charge is 2.01. The number of anilines is 1. The molecule has 0 aliphatic heterocycles. The third-order valence-corrected chi connectivity index (χ3v) is 2.52. The van der Waals surface area contributed by atoms with Crippen LogP contribution in [-0.4, -0.2) is 5.11 Å². The van der Waals surface area contributed by atoms with E-state index in [1.807, 2.05) is 12.1 Å². The minimum Gasteiger partial charge on any atom is -0.508 e. The van der Waals surface area contributed by atoms with Crippen LogP contribution >= 0.6 is 11.6 Å². The summed E-state index contributed by atoms with van der Waals surface area (Å²) in [4.78, 5) is 0. The van der Waals surface area contributed by atoms with E-state index in [1.165, 1.54) is 0 Å². The minimum atomic E-state index is 0.237. The van der Waals surface area contributed by atoms with Crippen LogP contribution in [0.2, 0.25) is 5.02 Å². The van der Waals surface area contributed by atoms with Gasteiger partial charge in [0.2, 0.25) is 0 Å². The van der Waals surface area contributed by atoms with Crippen molar-refractivity contribution in [3.63, 3.8) is 0 Å². The molecule has 3 heteroatoms. The van der Waals surface area contributed by atoms with E-state index in [-0.39, 0.29) is 5.75 Å². The van der Waals surface area contributed by atoms with Crippen molar-refractivity contribution < 1.29 is 5.11 Å². The molecule has 0 spiro atoms. The number of rotatable bonds is 1. The highest BCUT2D eigenvalue weighted by molar-refractivity contribution is 6.33. The molecule has 0 atom stereocenters. The molecule has 2 nitrogen and oxygen atoms in total. The second-order valence-corrected chi connectivity index (χ2v) is 3.69.